The van der Waals surface area contributed by atoms with Crippen molar-refractivity contribution in [1.29, 1.82) is 0 Å². The number of amides is 2. The molecule has 174 valence electrons. The van der Waals surface area contributed by atoms with Crippen LogP contribution in [0.3, 0.4) is 0 Å². The molecule has 1 aliphatic rings. The maximum Gasteiger partial charge on any atom is 0.291 e. The van der Waals surface area contributed by atoms with E-state index in [-0.39, 0.29) is 17.6 Å². The number of furan rings is 1. The van der Waals surface area contributed by atoms with Gasteiger partial charge >= 0.3 is 0 Å². The van der Waals surface area contributed by atoms with Crippen LogP contribution in [-0.4, -0.2) is 39.6 Å². The molecule has 0 spiro atoms. The molecular weight excluding hydrogens is 448 g/mol. The molecule has 0 bridgehead atoms. The Morgan fingerprint density at radius 2 is 1.85 bits per heavy atom. The first-order valence-electron chi connectivity index (χ1n) is 11.5. The van der Waals surface area contributed by atoms with Crippen LogP contribution in [0.4, 0.5) is 5.00 Å². The van der Waals surface area contributed by atoms with Crippen molar-refractivity contribution in [2.75, 3.05) is 18.4 Å². The first-order valence-corrected chi connectivity index (χ1v) is 12.3. The van der Waals surface area contributed by atoms with E-state index in [0.29, 0.717) is 22.9 Å². The second-order valence-corrected chi connectivity index (χ2v) is 9.42. The van der Waals surface area contributed by atoms with Crippen LogP contribution >= 0.6 is 11.3 Å². The summed E-state index contributed by atoms with van der Waals surface area (Å²) in [4.78, 5) is 29.5. The van der Waals surface area contributed by atoms with Crippen LogP contribution in [0.5, 0.6) is 0 Å². The maximum atomic E-state index is 13.5. The summed E-state index contributed by atoms with van der Waals surface area (Å²) in [5.41, 5.74) is 2.49. The quantitative estimate of drug-likeness (QED) is 0.404. The summed E-state index contributed by atoms with van der Waals surface area (Å²) in [6, 6.07) is 15.2. The lowest BCUT2D eigenvalue weighted by molar-refractivity contribution is 0.0725. The number of hydrogen-bond acceptors (Lipinski definition) is 5. The van der Waals surface area contributed by atoms with E-state index in [2.05, 4.69) is 10.4 Å². The predicted molar refractivity (Wildman–Crippen MR) is 132 cm³/mol. The van der Waals surface area contributed by atoms with E-state index >= 15 is 0 Å². The average Bonchev–Trinajstić information content (AvgIpc) is 3.61. The van der Waals surface area contributed by atoms with Crippen molar-refractivity contribution in [1.82, 2.24) is 14.7 Å². The Kier molecular flexibility index (Phi) is 6.31. The highest BCUT2D eigenvalue weighted by Gasteiger charge is 2.28. The highest BCUT2D eigenvalue weighted by atomic mass is 32.1. The van der Waals surface area contributed by atoms with Crippen LogP contribution in [0.15, 0.2) is 65.3 Å². The average molecular weight is 475 g/mol. The Bertz CT molecular complexity index is 1290. The Hall–Kier alpha value is -3.65. The molecule has 0 unspecified atom stereocenters. The van der Waals surface area contributed by atoms with Crippen molar-refractivity contribution in [2.45, 2.75) is 32.7 Å². The highest BCUT2D eigenvalue weighted by Crippen LogP contribution is 2.41. The van der Waals surface area contributed by atoms with E-state index < -0.39 is 0 Å². The van der Waals surface area contributed by atoms with Crippen molar-refractivity contribution in [3.05, 3.63) is 83.6 Å². The van der Waals surface area contributed by atoms with Gasteiger partial charge in [0.1, 0.15) is 10.8 Å². The summed E-state index contributed by atoms with van der Waals surface area (Å²) in [6.45, 7) is 3.89. The smallest absolute Gasteiger partial charge is 0.291 e. The number of carbonyl (C=O) groups excluding carboxylic acids is 2. The van der Waals surface area contributed by atoms with Crippen molar-refractivity contribution in [3.8, 4) is 10.4 Å². The molecule has 34 heavy (non-hydrogen) atoms. The highest BCUT2D eigenvalue weighted by molar-refractivity contribution is 7.20. The van der Waals surface area contributed by atoms with Crippen LogP contribution in [-0.2, 0) is 6.54 Å². The van der Waals surface area contributed by atoms with Gasteiger partial charge in [0.25, 0.3) is 11.8 Å². The number of aromatic nitrogens is 2. The van der Waals surface area contributed by atoms with Crippen molar-refractivity contribution in [2.24, 2.45) is 0 Å². The summed E-state index contributed by atoms with van der Waals surface area (Å²) in [5, 5.41) is 7.69. The number of hydrogen-bond donors (Lipinski definition) is 1. The van der Waals surface area contributed by atoms with Gasteiger partial charge < -0.3 is 14.6 Å². The molecule has 4 heterocycles. The largest absolute Gasteiger partial charge is 0.454 e. The lowest BCUT2D eigenvalue weighted by atomic mass is 10.0. The van der Waals surface area contributed by atoms with Gasteiger partial charge in [-0.2, -0.15) is 5.10 Å². The molecule has 1 fully saturated rings. The number of thiophene rings is 1. The Balaban J connectivity index is 1.44. The molecular formula is C26H26N4O3S. The Morgan fingerprint density at radius 3 is 2.59 bits per heavy atom. The number of nitrogens with one attached hydrogen (secondary N) is 1. The molecule has 1 aliphatic heterocycles. The number of benzene rings is 1. The van der Waals surface area contributed by atoms with Gasteiger partial charge in [0.2, 0.25) is 0 Å². The third-order valence-electron chi connectivity index (χ3n) is 6.03. The minimum atomic E-state index is -0.375. The van der Waals surface area contributed by atoms with Gasteiger partial charge in [-0.15, -0.1) is 11.3 Å². The first kappa shape index (κ1) is 22.2. The molecule has 5 rings (SSSR count). The molecule has 1 saturated heterocycles. The molecule has 7 nitrogen and oxygen atoms in total. The molecule has 0 aliphatic carbocycles. The number of carbonyl (C=O) groups is 2. The van der Waals surface area contributed by atoms with Gasteiger partial charge in [0, 0.05) is 30.4 Å². The summed E-state index contributed by atoms with van der Waals surface area (Å²) in [6.07, 6.45) is 6.69. The number of piperidine rings is 1. The normalized spacial score (nSPS) is 13.7. The van der Waals surface area contributed by atoms with Crippen LogP contribution < -0.4 is 5.32 Å². The molecule has 8 heteroatoms. The van der Waals surface area contributed by atoms with Gasteiger partial charge in [-0.1, -0.05) is 30.3 Å². The fourth-order valence-corrected chi connectivity index (χ4v) is 5.48. The zero-order valence-corrected chi connectivity index (χ0v) is 19.8. The van der Waals surface area contributed by atoms with E-state index in [4.69, 9.17) is 4.42 Å². The SMILES string of the molecule is Cc1c(-c2ccccc2)sc(NC(=O)c2ccc(Cn3cccn3)o2)c1C(=O)N1CCCCC1. The molecule has 0 radical (unpaired) electrons. The van der Waals surface area contributed by atoms with Crippen molar-refractivity contribution < 1.29 is 14.0 Å². The third-order valence-corrected chi connectivity index (χ3v) is 7.29. The van der Waals surface area contributed by atoms with Gasteiger partial charge in [-0.25, -0.2) is 0 Å². The van der Waals surface area contributed by atoms with Crippen LogP contribution in [0.25, 0.3) is 10.4 Å². The molecule has 1 aromatic carbocycles. The molecule has 0 saturated carbocycles. The summed E-state index contributed by atoms with van der Waals surface area (Å²) in [7, 11) is 0. The van der Waals surface area contributed by atoms with Crippen molar-refractivity contribution >= 4 is 28.2 Å². The minimum absolute atomic E-state index is 0.0234. The number of nitrogens with zero attached hydrogens (tertiary/aromatic N) is 3. The van der Waals surface area contributed by atoms with E-state index in [1.807, 2.05) is 54.4 Å². The van der Waals surface area contributed by atoms with E-state index in [9.17, 15) is 9.59 Å². The fourth-order valence-electron chi connectivity index (χ4n) is 4.28. The summed E-state index contributed by atoms with van der Waals surface area (Å²) in [5.74, 6) is 0.432. The lowest BCUT2D eigenvalue weighted by Gasteiger charge is -2.27. The van der Waals surface area contributed by atoms with Gasteiger partial charge in [-0.05, 0) is 55.5 Å². The fraction of sp³-hybridized carbons (Fsp3) is 0.269. The monoisotopic (exact) mass is 474 g/mol. The molecule has 0 atom stereocenters. The maximum absolute atomic E-state index is 13.5. The number of anilines is 1. The second-order valence-electron chi connectivity index (χ2n) is 8.40. The third kappa shape index (κ3) is 4.54. The molecule has 1 N–H and O–H groups in total. The Labute approximate surface area is 202 Å². The van der Waals surface area contributed by atoms with Crippen LogP contribution in [0, 0.1) is 6.92 Å². The van der Waals surface area contributed by atoms with E-state index in [1.54, 1.807) is 23.0 Å². The number of rotatable bonds is 6. The molecule has 3 aromatic heterocycles. The topological polar surface area (TPSA) is 80.4 Å². The second kappa shape index (κ2) is 9.69. The predicted octanol–water partition coefficient (Wildman–Crippen LogP) is 5.44. The molecule has 2 amide bonds. The first-order chi connectivity index (χ1) is 16.6. The zero-order chi connectivity index (χ0) is 23.5. The van der Waals surface area contributed by atoms with E-state index in [0.717, 1.165) is 48.4 Å². The Morgan fingerprint density at radius 1 is 1.06 bits per heavy atom. The van der Waals surface area contributed by atoms with E-state index in [1.165, 1.54) is 11.3 Å². The van der Waals surface area contributed by atoms with Gasteiger partial charge in [0.15, 0.2) is 5.76 Å². The number of likely N-dealkylation sites (tertiary alicyclic amines) is 1. The van der Waals surface area contributed by atoms with Crippen LogP contribution in [0.2, 0.25) is 0 Å². The zero-order valence-electron chi connectivity index (χ0n) is 19.0. The standard InChI is InChI=1S/C26H26N4O3S/c1-18-22(26(32)29-14-6-3-7-15-29)25(34-23(18)19-9-4-2-5-10-19)28-24(31)21-12-11-20(33-21)17-30-16-8-13-27-30/h2,4-5,8-13,16H,3,6-7,14-15,17H2,1H3,(H,28,31). The van der Waals surface area contributed by atoms with Gasteiger partial charge in [0.05, 0.1) is 12.1 Å². The minimum Gasteiger partial charge on any atom is -0.454 e. The lowest BCUT2D eigenvalue weighted by Crippen LogP contribution is -2.36. The molecule has 4 aromatic rings. The summed E-state index contributed by atoms with van der Waals surface area (Å²) >= 11 is 1.43. The van der Waals surface area contributed by atoms with Crippen molar-refractivity contribution in [3.63, 3.8) is 0 Å². The van der Waals surface area contributed by atoms with Crippen LogP contribution in [0.1, 0.15) is 51.5 Å². The summed E-state index contributed by atoms with van der Waals surface area (Å²) < 4.78 is 7.49. The van der Waals surface area contributed by atoms with Gasteiger partial charge in [-0.3, -0.25) is 14.3 Å².